The third-order valence-electron chi connectivity index (χ3n) is 4.31. The number of aromatic nitrogens is 3. The maximum atomic E-state index is 5.30. The molecule has 0 saturated carbocycles. The highest BCUT2D eigenvalue weighted by molar-refractivity contribution is 5.79. The van der Waals surface area contributed by atoms with Gasteiger partial charge in [0.1, 0.15) is 5.69 Å². The molecule has 7 nitrogen and oxygen atoms in total. The number of nitrogens with one attached hydrogen (secondary N) is 1. The van der Waals surface area contributed by atoms with Gasteiger partial charge in [-0.1, -0.05) is 35.5 Å². The summed E-state index contributed by atoms with van der Waals surface area (Å²) in [5, 5.41) is 7.37. The molecule has 2 aromatic heterocycles. The fourth-order valence-corrected chi connectivity index (χ4v) is 2.80. The summed E-state index contributed by atoms with van der Waals surface area (Å²) in [7, 11) is 2.04. The number of aryl methyl sites for hydroxylation is 1. The summed E-state index contributed by atoms with van der Waals surface area (Å²) in [5.74, 6) is 1.92. The first-order valence-corrected chi connectivity index (χ1v) is 9.45. The van der Waals surface area contributed by atoms with Crippen molar-refractivity contribution < 1.29 is 4.52 Å². The highest BCUT2D eigenvalue weighted by Gasteiger charge is 2.11. The van der Waals surface area contributed by atoms with Gasteiger partial charge in [-0.15, -0.1) is 0 Å². The summed E-state index contributed by atoms with van der Waals surface area (Å²) in [6.07, 6.45) is 2.31. The zero-order chi connectivity index (χ0) is 19.8. The molecule has 0 aliphatic heterocycles. The number of pyridine rings is 1. The summed E-state index contributed by atoms with van der Waals surface area (Å²) in [5.41, 5.74) is 3.24. The first kappa shape index (κ1) is 19.5. The summed E-state index contributed by atoms with van der Waals surface area (Å²) in [4.78, 5) is 15.5. The third kappa shape index (κ3) is 5.16. The molecule has 0 aliphatic carbocycles. The molecule has 0 saturated heterocycles. The monoisotopic (exact) mass is 378 g/mol. The number of hydrogen-bond donors (Lipinski definition) is 1. The van der Waals surface area contributed by atoms with Gasteiger partial charge in [-0.2, -0.15) is 4.98 Å². The minimum atomic E-state index is 0.433. The fraction of sp³-hybridized carbons (Fsp3) is 0.333. The van der Waals surface area contributed by atoms with E-state index < -0.39 is 0 Å². The van der Waals surface area contributed by atoms with Gasteiger partial charge in [0.15, 0.2) is 11.8 Å². The molecule has 146 valence electrons. The molecule has 0 amide bonds. The Kier molecular flexibility index (Phi) is 6.73. The van der Waals surface area contributed by atoms with Crippen LogP contribution in [0, 0.1) is 6.92 Å². The van der Waals surface area contributed by atoms with E-state index in [2.05, 4.69) is 63.5 Å². The van der Waals surface area contributed by atoms with Crippen molar-refractivity contribution in [2.24, 2.45) is 4.99 Å². The Labute approximate surface area is 165 Å². The van der Waals surface area contributed by atoms with E-state index in [4.69, 9.17) is 9.52 Å². The Morgan fingerprint density at radius 1 is 1.18 bits per heavy atom. The number of benzene rings is 1. The van der Waals surface area contributed by atoms with E-state index in [1.807, 2.05) is 25.2 Å². The quantitative estimate of drug-likeness (QED) is 0.503. The minimum absolute atomic E-state index is 0.433. The molecule has 0 fully saturated rings. The van der Waals surface area contributed by atoms with Crippen LogP contribution < -0.4 is 5.32 Å². The highest BCUT2D eigenvalue weighted by atomic mass is 16.5. The standard InChI is InChI=1S/C21H26N6O/c1-4-22-21(27(3)15-17-10-6-5-9-16(17)2)24-14-12-19-25-20(28-26-19)18-11-7-8-13-23-18/h5-11,13H,4,12,14-15H2,1-3H3,(H,22,24). The van der Waals surface area contributed by atoms with Crippen molar-refractivity contribution in [3.63, 3.8) is 0 Å². The lowest BCUT2D eigenvalue weighted by Gasteiger charge is -2.23. The van der Waals surface area contributed by atoms with E-state index in [0.717, 1.165) is 19.0 Å². The van der Waals surface area contributed by atoms with E-state index in [9.17, 15) is 0 Å². The van der Waals surface area contributed by atoms with Gasteiger partial charge in [0.25, 0.3) is 5.89 Å². The van der Waals surface area contributed by atoms with E-state index in [-0.39, 0.29) is 0 Å². The lowest BCUT2D eigenvalue weighted by Crippen LogP contribution is -2.38. The van der Waals surface area contributed by atoms with E-state index in [0.29, 0.717) is 30.4 Å². The van der Waals surface area contributed by atoms with Gasteiger partial charge >= 0.3 is 0 Å². The molecule has 3 aromatic rings. The zero-order valence-corrected chi connectivity index (χ0v) is 16.6. The number of hydrogen-bond acceptors (Lipinski definition) is 5. The zero-order valence-electron chi connectivity index (χ0n) is 16.6. The fourth-order valence-electron chi connectivity index (χ4n) is 2.80. The van der Waals surface area contributed by atoms with E-state index >= 15 is 0 Å². The smallest absolute Gasteiger partial charge is 0.276 e. The second kappa shape index (κ2) is 9.64. The van der Waals surface area contributed by atoms with Crippen molar-refractivity contribution >= 4 is 5.96 Å². The van der Waals surface area contributed by atoms with Crippen molar-refractivity contribution in [3.8, 4) is 11.6 Å². The first-order valence-electron chi connectivity index (χ1n) is 9.45. The van der Waals surface area contributed by atoms with Crippen molar-refractivity contribution in [3.05, 3.63) is 65.6 Å². The van der Waals surface area contributed by atoms with Crippen molar-refractivity contribution in [2.45, 2.75) is 26.8 Å². The number of guanidine groups is 1. The Balaban J connectivity index is 1.61. The van der Waals surface area contributed by atoms with E-state index in [1.54, 1.807) is 6.20 Å². The minimum Gasteiger partial charge on any atom is -0.357 e. The average molecular weight is 378 g/mol. The largest absolute Gasteiger partial charge is 0.357 e. The van der Waals surface area contributed by atoms with Crippen molar-refractivity contribution in [1.29, 1.82) is 0 Å². The van der Waals surface area contributed by atoms with E-state index in [1.165, 1.54) is 11.1 Å². The SMILES string of the molecule is CCNC(=NCCc1noc(-c2ccccn2)n1)N(C)Cc1ccccc1C. The van der Waals surface area contributed by atoms with Crippen LogP contribution in [0.5, 0.6) is 0 Å². The van der Waals surface area contributed by atoms with Crippen molar-refractivity contribution in [1.82, 2.24) is 25.3 Å². The molecule has 0 atom stereocenters. The molecule has 1 aromatic carbocycles. The Morgan fingerprint density at radius 3 is 2.75 bits per heavy atom. The average Bonchev–Trinajstić information content (AvgIpc) is 3.19. The molecule has 0 radical (unpaired) electrons. The molecular weight excluding hydrogens is 352 g/mol. The summed E-state index contributed by atoms with van der Waals surface area (Å²) >= 11 is 0. The van der Waals surface area contributed by atoms with Crippen LogP contribution in [0.1, 0.15) is 23.9 Å². The van der Waals surface area contributed by atoms with Gasteiger partial charge in [-0.05, 0) is 37.1 Å². The van der Waals surface area contributed by atoms with Crippen LogP contribution in [0.4, 0.5) is 0 Å². The molecule has 1 N–H and O–H groups in total. The number of aliphatic imine (C=N–C) groups is 1. The molecule has 28 heavy (non-hydrogen) atoms. The van der Waals surface area contributed by atoms with Crippen LogP contribution in [0.2, 0.25) is 0 Å². The van der Waals surface area contributed by atoms with Gasteiger partial charge < -0.3 is 14.7 Å². The van der Waals surface area contributed by atoms with Gasteiger partial charge in [0, 0.05) is 39.3 Å². The summed E-state index contributed by atoms with van der Waals surface area (Å²) in [6, 6.07) is 14.0. The Hall–Kier alpha value is -3.22. The van der Waals surface area contributed by atoms with Gasteiger partial charge in [0.2, 0.25) is 0 Å². The lowest BCUT2D eigenvalue weighted by atomic mass is 10.1. The lowest BCUT2D eigenvalue weighted by molar-refractivity contribution is 0.421. The molecule has 2 heterocycles. The molecule has 0 aliphatic rings. The van der Waals surface area contributed by atoms with Crippen LogP contribution >= 0.6 is 0 Å². The number of rotatable bonds is 7. The third-order valence-corrected chi connectivity index (χ3v) is 4.31. The molecule has 7 heteroatoms. The molecule has 3 rings (SSSR count). The first-order chi connectivity index (χ1) is 13.7. The second-order valence-electron chi connectivity index (χ2n) is 6.50. The second-order valence-corrected chi connectivity index (χ2v) is 6.50. The summed E-state index contributed by atoms with van der Waals surface area (Å²) in [6.45, 7) is 6.37. The van der Waals surface area contributed by atoms with Gasteiger partial charge in [-0.3, -0.25) is 9.98 Å². The van der Waals surface area contributed by atoms with Gasteiger partial charge in [-0.25, -0.2) is 0 Å². The molecular formula is C21H26N6O. The Bertz CT molecular complexity index is 906. The maximum Gasteiger partial charge on any atom is 0.276 e. The van der Waals surface area contributed by atoms with Gasteiger partial charge in [0.05, 0.1) is 0 Å². The highest BCUT2D eigenvalue weighted by Crippen LogP contribution is 2.13. The van der Waals surface area contributed by atoms with Crippen LogP contribution in [0.15, 0.2) is 58.2 Å². The van der Waals surface area contributed by atoms with Crippen molar-refractivity contribution in [2.75, 3.05) is 20.1 Å². The molecule has 0 unspecified atom stereocenters. The normalized spacial score (nSPS) is 11.5. The predicted molar refractivity (Wildman–Crippen MR) is 110 cm³/mol. The summed E-state index contributed by atoms with van der Waals surface area (Å²) < 4.78 is 5.30. The predicted octanol–water partition coefficient (Wildman–Crippen LogP) is 3.08. The van der Waals surface area contributed by atoms with Crippen LogP contribution in [0.3, 0.4) is 0 Å². The molecule has 0 spiro atoms. The maximum absolute atomic E-state index is 5.30. The molecule has 0 bridgehead atoms. The van der Waals surface area contributed by atoms with Crippen LogP contribution in [-0.2, 0) is 13.0 Å². The Morgan fingerprint density at radius 2 is 2.00 bits per heavy atom. The van der Waals surface area contributed by atoms with Crippen LogP contribution in [0.25, 0.3) is 11.6 Å². The van der Waals surface area contributed by atoms with Crippen LogP contribution in [-0.4, -0.2) is 46.1 Å². The number of nitrogens with zero attached hydrogens (tertiary/aromatic N) is 5. The topological polar surface area (TPSA) is 79.4 Å².